The Labute approximate surface area is 125 Å². The van der Waals surface area contributed by atoms with Crippen molar-refractivity contribution in [3.05, 3.63) is 50.4 Å². The molecule has 2 aromatic rings. The Kier molecular flexibility index (Phi) is 3.23. The Morgan fingerprint density at radius 3 is 2.90 bits per heavy atom. The number of nitrogens with two attached hydrogens (primary N) is 1. The summed E-state index contributed by atoms with van der Waals surface area (Å²) >= 11 is 1.40. The zero-order valence-corrected chi connectivity index (χ0v) is 11.9. The van der Waals surface area contributed by atoms with Crippen molar-refractivity contribution in [3.63, 3.8) is 0 Å². The van der Waals surface area contributed by atoms with Gasteiger partial charge in [-0.2, -0.15) is 5.26 Å². The van der Waals surface area contributed by atoms with E-state index in [1.54, 1.807) is 18.2 Å². The van der Waals surface area contributed by atoms with E-state index in [1.165, 1.54) is 17.4 Å². The topological polar surface area (TPSA) is 96.2 Å². The van der Waals surface area contributed by atoms with Crippen LogP contribution in [-0.4, -0.2) is 11.5 Å². The first-order valence-electron chi connectivity index (χ1n) is 6.40. The number of anilines is 2. The minimum Gasteiger partial charge on any atom is -0.389 e. The third-order valence-electron chi connectivity index (χ3n) is 3.62. The van der Waals surface area contributed by atoms with Crippen LogP contribution in [0.3, 0.4) is 0 Å². The number of nitrogen functional groups attached to an aromatic ring is 1. The summed E-state index contributed by atoms with van der Waals surface area (Å²) in [6, 6.07) is 8.86. The molecule has 1 aromatic heterocycles. The third-order valence-corrected chi connectivity index (χ3v) is 4.66. The highest BCUT2D eigenvalue weighted by molar-refractivity contribution is 7.16. The number of rotatable bonds is 2. The van der Waals surface area contributed by atoms with Crippen LogP contribution in [0.2, 0.25) is 0 Å². The molecule has 0 radical (unpaired) electrons. The van der Waals surface area contributed by atoms with Gasteiger partial charge in [-0.15, -0.1) is 11.3 Å². The van der Waals surface area contributed by atoms with Gasteiger partial charge in [0.2, 0.25) is 0 Å². The number of nitriles is 1. The van der Waals surface area contributed by atoms with E-state index in [1.807, 2.05) is 4.90 Å². The minimum atomic E-state index is -0.367. The number of thiophene rings is 1. The van der Waals surface area contributed by atoms with Crippen LogP contribution in [0.4, 0.5) is 16.4 Å². The second kappa shape index (κ2) is 5.07. The summed E-state index contributed by atoms with van der Waals surface area (Å²) < 4.78 is 0. The molecule has 0 atom stereocenters. The van der Waals surface area contributed by atoms with Crippen molar-refractivity contribution in [1.29, 1.82) is 5.26 Å². The van der Waals surface area contributed by atoms with Crippen molar-refractivity contribution >= 4 is 27.7 Å². The lowest BCUT2D eigenvalue weighted by Crippen LogP contribution is -2.30. The number of nitrogens with zero attached hydrogens (tertiary/aromatic N) is 3. The number of fused-ring (bicyclic) bond motifs is 1. The SMILES string of the molecule is N#Cc1c(N)sc2c1CCN(c1ccccc1[N+](=O)[O-])C2. The van der Waals surface area contributed by atoms with E-state index in [9.17, 15) is 10.1 Å². The second-order valence-corrected chi connectivity index (χ2v) is 5.91. The summed E-state index contributed by atoms with van der Waals surface area (Å²) in [4.78, 5) is 13.8. The van der Waals surface area contributed by atoms with Crippen molar-refractivity contribution in [1.82, 2.24) is 0 Å². The molecule has 0 amide bonds. The van der Waals surface area contributed by atoms with Crippen LogP contribution in [0.5, 0.6) is 0 Å². The zero-order valence-electron chi connectivity index (χ0n) is 11.1. The molecule has 7 heteroatoms. The monoisotopic (exact) mass is 300 g/mol. The molecule has 0 bridgehead atoms. The van der Waals surface area contributed by atoms with Crippen LogP contribution in [0.25, 0.3) is 0 Å². The smallest absolute Gasteiger partial charge is 0.292 e. The van der Waals surface area contributed by atoms with Crippen LogP contribution in [0.1, 0.15) is 16.0 Å². The number of benzene rings is 1. The molecule has 0 unspecified atom stereocenters. The molecule has 0 saturated carbocycles. The molecule has 0 aliphatic carbocycles. The van der Waals surface area contributed by atoms with Gasteiger partial charge in [-0.3, -0.25) is 10.1 Å². The predicted octanol–water partition coefficient (Wildman–Crippen LogP) is 2.67. The maximum absolute atomic E-state index is 11.1. The lowest BCUT2D eigenvalue weighted by molar-refractivity contribution is -0.384. The summed E-state index contributed by atoms with van der Waals surface area (Å²) in [5, 5.41) is 20.8. The van der Waals surface area contributed by atoms with Crippen molar-refractivity contribution in [2.24, 2.45) is 0 Å². The first-order valence-corrected chi connectivity index (χ1v) is 7.22. The zero-order chi connectivity index (χ0) is 15.0. The van der Waals surface area contributed by atoms with Crippen LogP contribution in [0.15, 0.2) is 24.3 Å². The molecule has 1 aliphatic rings. The van der Waals surface area contributed by atoms with Crippen LogP contribution in [-0.2, 0) is 13.0 Å². The molecule has 1 aliphatic heterocycles. The molecule has 0 saturated heterocycles. The lowest BCUT2D eigenvalue weighted by atomic mass is 10.0. The van der Waals surface area contributed by atoms with Crippen LogP contribution < -0.4 is 10.6 Å². The standard InChI is InChI=1S/C14H12N4O2S/c15-7-10-9-5-6-17(8-13(9)21-14(10)16)11-3-1-2-4-12(11)18(19)20/h1-4H,5-6,8,16H2. The fourth-order valence-electron chi connectivity index (χ4n) is 2.64. The van der Waals surface area contributed by atoms with Gasteiger partial charge < -0.3 is 10.6 Å². The largest absolute Gasteiger partial charge is 0.389 e. The quantitative estimate of drug-likeness (QED) is 0.679. The van der Waals surface area contributed by atoms with Gasteiger partial charge >= 0.3 is 0 Å². The van der Waals surface area contributed by atoms with Gasteiger partial charge in [0.25, 0.3) is 5.69 Å². The fraction of sp³-hybridized carbons (Fsp3) is 0.214. The number of nitro groups is 1. The van der Waals surface area contributed by atoms with Crippen molar-refractivity contribution in [2.45, 2.75) is 13.0 Å². The number of hydrogen-bond donors (Lipinski definition) is 1. The summed E-state index contributed by atoms with van der Waals surface area (Å²) in [6.07, 6.45) is 0.679. The molecule has 21 heavy (non-hydrogen) atoms. The minimum absolute atomic E-state index is 0.103. The molecule has 2 heterocycles. The maximum Gasteiger partial charge on any atom is 0.292 e. The van der Waals surface area contributed by atoms with Crippen molar-refractivity contribution in [3.8, 4) is 6.07 Å². The van der Waals surface area contributed by atoms with Crippen molar-refractivity contribution < 1.29 is 4.92 Å². The third kappa shape index (κ3) is 2.19. The predicted molar refractivity (Wildman–Crippen MR) is 81.3 cm³/mol. The Morgan fingerprint density at radius 2 is 2.19 bits per heavy atom. The molecule has 3 rings (SSSR count). The normalized spacial score (nSPS) is 13.6. The highest BCUT2D eigenvalue weighted by Gasteiger charge is 2.26. The Morgan fingerprint density at radius 1 is 1.43 bits per heavy atom. The fourth-order valence-corrected chi connectivity index (χ4v) is 3.72. The van der Waals surface area contributed by atoms with E-state index in [0.29, 0.717) is 35.8 Å². The van der Waals surface area contributed by atoms with E-state index < -0.39 is 0 Å². The molecule has 2 N–H and O–H groups in total. The second-order valence-electron chi connectivity index (χ2n) is 4.77. The number of para-hydroxylation sites is 2. The summed E-state index contributed by atoms with van der Waals surface area (Å²) in [7, 11) is 0. The van der Waals surface area contributed by atoms with E-state index in [0.717, 1.165) is 10.4 Å². The maximum atomic E-state index is 11.1. The lowest BCUT2D eigenvalue weighted by Gasteiger charge is -2.28. The van der Waals surface area contributed by atoms with Gasteiger partial charge in [-0.25, -0.2) is 0 Å². The van der Waals surface area contributed by atoms with Gasteiger partial charge in [0.15, 0.2) is 0 Å². The van der Waals surface area contributed by atoms with Gasteiger partial charge in [0.1, 0.15) is 16.8 Å². The highest BCUT2D eigenvalue weighted by Crippen LogP contribution is 2.38. The summed E-state index contributed by atoms with van der Waals surface area (Å²) in [5.41, 5.74) is 8.14. The summed E-state index contributed by atoms with van der Waals surface area (Å²) in [5.74, 6) is 0. The van der Waals surface area contributed by atoms with Gasteiger partial charge in [-0.1, -0.05) is 12.1 Å². The van der Waals surface area contributed by atoms with Gasteiger partial charge in [0, 0.05) is 17.5 Å². The first kappa shape index (κ1) is 13.4. The first-order chi connectivity index (χ1) is 10.1. The molecule has 0 spiro atoms. The Bertz CT molecular complexity index is 763. The average Bonchev–Trinajstić information content (AvgIpc) is 2.81. The highest BCUT2D eigenvalue weighted by atomic mass is 32.1. The van der Waals surface area contributed by atoms with E-state index in [4.69, 9.17) is 11.0 Å². The number of hydrogen-bond acceptors (Lipinski definition) is 6. The van der Waals surface area contributed by atoms with Gasteiger partial charge in [0.05, 0.1) is 17.0 Å². The van der Waals surface area contributed by atoms with E-state index >= 15 is 0 Å². The molecule has 1 aromatic carbocycles. The van der Waals surface area contributed by atoms with Crippen LogP contribution in [0, 0.1) is 21.4 Å². The Hall–Kier alpha value is -2.59. The molecule has 0 fully saturated rings. The van der Waals surface area contributed by atoms with E-state index in [-0.39, 0.29) is 10.6 Å². The Balaban J connectivity index is 1.98. The summed E-state index contributed by atoms with van der Waals surface area (Å²) in [6.45, 7) is 1.19. The van der Waals surface area contributed by atoms with Crippen LogP contribution >= 0.6 is 11.3 Å². The van der Waals surface area contributed by atoms with E-state index in [2.05, 4.69) is 6.07 Å². The van der Waals surface area contributed by atoms with Crippen molar-refractivity contribution in [2.75, 3.05) is 17.2 Å². The molecule has 106 valence electrons. The van der Waals surface area contributed by atoms with Gasteiger partial charge in [-0.05, 0) is 18.1 Å². The molecular formula is C14H12N4O2S. The molecular weight excluding hydrogens is 288 g/mol. The number of nitro benzene ring substituents is 1. The average molecular weight is 300 g/mol. The molecule has 6 nitrogen and oxygen atoms in total.